The number of hydrogen-bond acceptors (Lipinski definition) is 3. The first-order valence-corrected chi connectivity index (χ1v) is 6.02. The fourth-order valence-electron chi connectivity index (χ4n) is 2.06. The Morgan fingerprint density at radius 3 is 2.47 bits per heavy atom. The Hall–Kier alpha value is -2.14. The number of hydrogen-bond donors (Lipinski definition) is 2. The maximum Gasteiger partial charge on any atom is 0.327 e. The van der Waals surface area contributed by atoms with Gasteiger partial charge in [-0.1, -0.05) is 30.3 Å². The van der Waals surface area contributed by atoms with Gasteiger partial charge >= 0.3 is 5.97 Å². The van der Waals surface area contributed by atoms with Crippen LogP contribution in [0.25, 0.3) is 11.4 Å². The number of carboxylic acids is 1. The summed E-state index contributed by atoms with van der Waals surface area (Å²) in [6.07, 6.45) is 0. The summed E-state index contributed by atoms with van der Waals surface area (Å²) in [5.74, 6) is -0.208. The number of likely N-dealkylation sites (N-methyl/N-ethyl adjacent to an activating group) is 1. The predicted molar refractivity (Wildman–Crippen MR) is 72.8 cm³/mol. The van der Waals surface area contributed by atoms with Gasteiger partial charge in [-0.15, -0.1) is 0 Å². The Morgan fingerprint density at radius 2 is 1.95 bits per heavy atom. The van der Waals surface area contributed by atoms with Gasteiger partial charge in [0.25, 0.3) is 0 Å². The first kappa shape index (κ1) is 13.3. The van der Waals surface area contributed by atoms with Crippen LogP contribution < -0.4 is 0 Å². The van der Waals surface area contributed by atoms with Crippen LogP contribution in [-0.4, -0.2) is 40.0 Å². The Balaban J connectivity index is 2.44. The van der Waals surface area contributed by atoms with Crippen LogP contribution >= 0.6 is 0 Å². The van der Waals surface area contributed by atoms with Gasteiger partial charge < -0.3 is 10.1 Å². The zero-order chi connectivity index (χ0) is 14.0. The largest absolute Gasteiger partial charge is 0.480 e. The highest BCUT2D eigenvalue weighted by Gasteiger charge is 2.27. The van der Waals surface area contributed by atoms with E-state index in [1.54, 1.807) is 19.0 Å². The number of rotatable bonds is 4. The second-order valence-corrected chi connectivity index (χ2v) is 4.67. The van der Waals surface area contributed by atoms with Gasteiger partial charge in [-0.2, -0.15) is 0 Å². The van der Waals surface area contributed by atoms with Gasteiger partial charge in [0.15, 0.2) is 6.04 Å². The van der Waals surface area contributed by atoms with Gasteiger partial charge in [0.1, 0.15) is 5.82 Å². The SMILES string of the molecule is Cc1[nH]c(-c2ccccc2)nc1C(C(=O)O)N(C)C. The van der Waals surface area contributed by atoms with Crippen molar-refractivity contribution in [3.8, 4) is 11.4 Å². The Kier molecular flexibility index (Phi) is 3.66. The second-order valence-electron chi connectivity index (χ2n) is 4.67. The van der Waals surface area contributed by atoms with Gasteiger partial charge in [0.05, 0.1) is 5.69 Å². The molecule has 1 aromatic heterocycles. The average Bonchev–Trinajstić information content (AvgIpc) is 2.72. The van der Waals surface area contributed by atoms with Gasteiger partial charge in [0, 0.05) is 11.3 Å². The number of carbonyl (C=O) groups is 1. The summed E-state index contributed by atoms with van der Waals surface area (Å²) in [6, 6.07) is 8.91. The molecule has 0 radical (unpaired) electrons. The molecule has 0 spiro atoms. The third-order valence-electron chi connectivity index (χ3n) is 2.98. The second kappa shape index (κ2) is 5.24. The third-order valence-corrected chi connectivity index (χ3v) is 2.98. The molecule has 1 unspecified atom stereocenters. The van der Waals surface area contributed by atoms with Crippen molar-refractivity contribution in [3.63, 3.8) is 0 Å². The van der Waals surface area contributed by atoms with Crippen molar-refractivity contribution in [1.82, 2.24) is 14.9 Å². The van der Waals surface area contributed by atoms with E-state index < -0.39 is 12.0 Å². The summed E-state index contributed by atoms with van der Waals surface area (Å²) < 4.78 is 0. The summed E-state index contributed by atoms with van der Waals surface area (Å²) >= 11 is 0. The van der Waals surface area contributed by atoms with E-state index in [9.17, 15) is 9.90 Å². The summed E-state index contributed by atoms with van der Waals surface area (Å²) in [5, 5.41) is 9.31. The molecule has 1 heterocycles. The molecule has 1 atom stereocenters. The van der Waals surface area contributed by atoms with Crippen LogP contribution in [0.4, 0.5) is 0 Å². The summed E-state index contributed by atoms with van der Waals surface area (Å²) in [4.78, 5) is 20.6. The van der Waals surface area contributed by atoms with Crippen molar-refractivity contribution in [2.45, 2.75) is 13.0 Å². The van der Waals surface area contributed by atoms with Crippen LogP contribution in [0.3, 0.4) is 0 Å². The van der Waals surface area contributed by atoms with Gasteiger partial charge in [0.2, 0.25) is 0 Å². The molecule has 0 saturated carbocycles. The molecule has 1 aromatic carbocycles. The van der Waals surface area contributed by atoms with E-state index in [4.69, 9.17) is 0 Å². The lowest BCUT2D eigenvalue weighted by atomic mass is 10.1. The molecular weight excluding hydrogens is 242 g/mol. The van der Waals surface area contributed by atoms with E-state index in [1.807, 2.05) is 37.3 Å². The van der Waals surface area contributed by atoms with Crippen LogP contribution in [-0.2, 0) is 4.79 Å². The van der Waals surface area contributed by atoms with Crippen LogP contribution in [0.2, 0.25) is 0 Å². The van der Waals surface area contributed by atoms with Crippen LogP contribution in [0.15, 0.2) is 30.3 Å². The van der Waals surface area contributed by atoms with Crippen molar-refractivity contribution < 1.29 is 9.90 Å². The van der Waals surface area contributed by atoms with Crippen LogP contribution in [0.5, 0.6) is 0 Å². The van der Waals surface area contributed by atoms with E-state index in [0.29, 0.717) is 11.5 Å². The number of nitrogens with zero attached hydrogens (tertiary/aromatic N) is 2. The van der Waals surface area contributed by atoms with E-state index in [1.165, 1.54) is 0 Å². The lowest BCUT2D eigenvalue weighted by Gasteiger charge is -2.18. The van der Waals surface area contributed by atoms with Gasteiger partial charge in [-0.05, 0) is 21.0 Å². The molecule has 0 saturated heterocycles. The quantitative estimate of drug-likeness (QED) is 0.882. The monoisotopic (exact) mass is 259 g/mol. The number of aromatic nitrogens is 2. The number of aryl methyl sites for hydroxylation is 1. The predicted octanol–water partition coefficient (Wildman–Crippen LogP) is 2.07. The molecule has 5 heteroatoms. The van der Waals surface area contributed by atoms with Crippen LogP contribution in [0, 0.1) is 6.92 Å². The highest BCUT2D eigenvalue weighted by Crippen LogP contribution is 2.24. The Labute approximate surface area is 111 Å². The number of benzene rings is 1. The molecule has 19 heavy (non-hydrogen) atoms. The zero-order valence-corrected chi connectivity index (χ0v) is 11.2. The summed E-state index contributed by atoms with van der Waals surface area (Å²) in [6.45, 7) is 1.84. The first-order valence-electron chi connectivity index (χ1n) is 6.02. The lowest BCUT2D eigenvalue weighted by molar-refractivity contribution is -0.142. The maximum atomic E-state index is 11.3. The van der Waals surface area contributed by atoms with Crippen molar-refractivity contribution in [3.05, 3.63) is 41.7 Å². The van der Waals surface area contributed by atoms with Crippen LogP contribution in [0.1, 0.15) is 17.4 Å². The molecule has 100 valence electrons. The smallest absolute Gasteiger partial charge is 0.327 e. The average molecular weight is 259 g/mol. The molecule has 0 amide bonds. The fourth-order valence-corrected chi connectivity index (χ4v) is 2.06. The highest BCUT2D eigenvalue weighted by molar-refractivity contribution is 5.75. The summed E-state index contributed by atoms with van der Waals surface area (Å²) in [5.41, 5.74) is 2.27. The highest BCUT2D eigenvalue weighted by atomic mass is 16.4. The Bertz CT molecular complexity index is 576. The normalized spacial score (nSPS) is 12.6. The van der Waals surface area contributed by atoms with E-state index in [0.717, 1.165) is 11.3 Å². The van der Waals surface area contributed by atoms with E-state index in [2.05, 4.69) is 9.97 Å². The fraction of sp³-hybridized carbons (Fsp3) is 0.286. The number of imidazole rings is 1. The van der Waals surface area contributed by atoms with E-state index in [-0.39, 0.29) is 0 Å². The van der Waals surface area contributed by atoms with Gasteiger partial charge in [-0.25, -0.2) is 4.98 Å². The summed E-state index contributed by atoms with van der Waals surface area (Å²) in [7, 11) is 3.46. The number of aliphatic carboxylic acids is 1. The molecule has 0 aliphatic heterocycles. The minimum atomic E-state index is -0.904. The molecule has 0 aliphatic carbocycles. The molecule has 2 rings (SSSR count). The zero-order valence-electron chi connectivity index (χ0n) is 11.2. The number of H-pyrrole nitrogens is 1. The maximum absolute atomic E-state index is 11.3. The van der Waals surface area contributed by atoms with E-state index >= 15 is 0 Å². The topological polar surface area (TPSA) is 69.2 Å². The first-order chi connectivity index (χ1) is 9.00. The van der Waals surface area contributed by atoms with Crippen molar-refractivity contribution >= 4 is 5.97 Å². The van der Waals surface area contributed by atoms with Crippen molar-refractivity contribution in [1.29, 1.82) is 0 Å². The molecule has 0 bridgehead atoms. The Morgan fingerprint density at radius 1 is 1.32 bits per heavy atom. The number of nitrogens with one attached hydrogen (secondary N) is 1. The molecule has 2 N–H and O–H groups in total. The third kappa shape index (κ3) is 2.66. The standard InChI is InChI=1S/C14H17N3O2/c1-9-11(12(14(18)19)17(2)3)16-13(15-9)10-7-5-4-6-8-10/h4-8,12H,1-3H3,(H,15,16)(H,18,19). The van der Waals surface area contributed by atoms with Crippen molar-refractivity contribution in [2.24, 2.45) is 0 Å². The minimum Gasteiger partial charge on any atom is -0.480 e. The number of carboxylic acid groups (broad SMARTS) is 1. The minimum absolute atomic E-state index is 0.552. The molecule has 5 nitrogen and oxygen atoms in total. The molecule has 0 fully saturated rings. The molecule has 0 aliphatic rings. The lowest BCUT2D eigenvalue weighted by Crippen LogP contribution is -2.28. The number of aromatic amines is 1. The molecular formula is C14H17N3O2. The van der Waals surface area contributed by atoms with Gasteiger partial charge in [-0.3, -0.25) is 9.69 Å². The van der Waals surface area contributed by atoms with Crippen molar-refractivity contribution in [2.75, 3.05) is 14.1 Å². The molecule has 2 aromatic rings.